The van der Waals surface area contributed by atoms with Gasteiger partial charge < -0.3 is 4.74 Å². The van der Waals surface area contributed by atoms with Crippen LogP contribution in [0.4, 0.5) is 5.69 Å². The highest BCUT2D eigenvalue weighted by Gasteiger charge is 2.06. The maximum Gasteiger partial charge on any atom is 0.306 e. The number of nitrogens with zero attached hydrogens (tertiary/aromatic N) is 1. The Kier molecular flexibility index (Phi) is 14.7. The molecular weight excluding hydrogens is 366 g/mol. The van der Waals surface area contributed by atoms with Crippen molar-refractivity contribution < 1.29 is 14.5 Å². The fourth-order valence-electron chi connectivity index (χ4n) is 3.41. The second-order valence-electron chi connectivity index (χ2n) is 7.93. The molecule has 0 radical (unpaired) electrons. The molecule has 0 bridgehead atoms. The van der Waals surface area contributed by atoms with Crippen LogP contribution < -0.4 is 0 Å². The number of carbonyl (C=O) groups excluding carboxylic acids is 1. The standard InChI is InChI=1S/C24H39NO4/c1-2-3-4-5-6-7-8-9-10-11-12-13-14-15-16-24(26)29-21-22-17-19-23(20-18-22)25(27)28/h17-20H,2-16,21H2,1H3. The van der Waals surface area contributed by atoms with Crippen molar-refractivity contribution in [1.82, 2.24) is 0 Å². The van der Waals surface area contributed by atoms with Crippen LogP contribution in [0.3, 0.4) is 0 Å². The molecule has 0 saturated heterocycles. The van der Waals surface area contributed by atoms with E-state index in [1.807, 2.05) is 0 Å². The van der Waals surface area contributed by atoms with E-state index in [-0.39, 0.29) is 18.3 Å². The average Bonchev–Trinajstić information content (AvgIpc) is 2.72. The summed E-state index contributed by atoms with van der Waals surface area (Å²) >= 11 is 0. The Balaban J connectivity index is 1.88. The summed E-state index contributed by atoms with van der Waals surface area (Å²) in [5, 5.41) is 10.6. The van der Waals surface area contributed by atoms with Crippen molar-refractivity contribution >= 4 is 11.7 Å². The predicted octanol–water partition coefficient (Wildman–Crippen LogP) is 7.51. The van der Waals surface area contributed by atoms with Crippen molar-refractivity contribution in [3.63, 3.8) is 0 Å². The summed E-state index contributed by atoms with van der Waals surface area (Å²) < 4.78 is 5.23. The lowest BCUT2D eigenvalue weighted by molar-refractivity contribution is -0.384. The number of unbranched alkanes of at least 4 members (excludes halogenated alkanes) is 13. The molecule has 5 nitrogen and oxygen atoms in total. The van der Waals surface area contributed by atoms with Gasteiger partial charge in [-0.15, -0.1) is 0 Å². The van der Waals surface area contributed by atoms with Crippen molar-refractivity contribution in [2.75, 3.05) is 0 Å². The molecular formula is C24H39NO4. The molecule has 1 rings (SSSR count). The number of carbonyl (C=O) groups is 1. The molecule has 29 heavy (non-hydrogen) atoms. The lowest BCUT2D eigenvalue weighted by atomic mass is 10.0. The predicted molar refractivity (Wildman–Crippen MR) is 118 cm³/mol. The Morgan fingerprint density at radius 1 is 0.793 bits per heavy atom. The van der Waals surface area contributed by atoms with Gasteiger partial charge in [-0.25, -0.2) is 0 Å². The number of nitro groups is 1. The maximum absolute atomic E-state index is 11.8. The lowest BCUT2D eigenvalue weighted by Gasteiger charge is -2.05. The average molecular weight is 406 g/mol. The summed E-state index contributed by atoms with van der Waals surface area (Å²) in [7, 11) is 0. The van der Waals surface area contributed by atoms with Gasteiger partial charge in [-0.1, -0.05) is 90.4 Å². The maximum atomic E-state index is 11.8. The zero-order valence-corrected chi connectivity index (χ0v) is 18.2. The monoisotopic (exact) mass is 405 g/mol. The highest BCUT2D eigenvalue weighted by molar-refractivity contribution is 5.69. The highest BCUT2D eigenvalue weighted by atomic mass is 16.6. The normalized spacial score (nSPS) is 10.8. The van der Waals surface area contributed by atoms with E-state index in [0.717, 1.165) is 18.4 Å². The number of hydrogen-bond donors (Lipinski definition) is 0. The molecule has 1 aromatic carbocycles. The van der Waals surface area contributed by atoms with Gasteiger partial charge in [0.1, 0.15) is 6.61 Å². The molecule has 0 heterocycles. The van der Waals surface area contributed by atoms with Gasteiger partial charge in [-0.3, -0.25) is 14.9 Å². The van der Waals surface area contributed by atoms with Gasteiger partial charge in [-0.2, -0.15) is 0 Å². The number of hydrogen-bond acceptors (Lipinski definition) is 4. The van der Waals surface area contributed by atoms with Gasteiger partial charge in [-0.05, 0) is 24.1 Å². The Bertz CT molecular complexity index is 557. The molecule has 0 amide bonds. The smallest absolute Gasteiger partial charge is 0.306 e. The minimum absolute atomic E-state index is 0.0440. The first kappa shape index (κ1) is 25.1. The number of ether oxygens (including phenoxy) is 1. The molecule has 0 aromatic heterocycles. The Labute approximate surface area is 176 Å². The fourth-order valence-corrected chi connectivity index (χ4v) is 3.41. The van der Waals surface area contributed by atoms with E-state index in [4.69, 9.17) is 4.74 Å². The van der Waals surface area contributed by atoms with Crippen LogP contribution in [0.1, 0.15) is 109 Å². The molecule has 0 N–H and O–H groups in total. The molecule has 0 fully saturated rings. The largest absolute Gasteiger partial charge is 0.461 e. The molecule has 0 saturated carbocycles. The van der Waals surface area contributed by atoms with E-state index >= 15 is 0 Å². The lowest BCUT2D eigenvalue weighted by Crippen LogP contribution is -2.04. The number of benzene rings is 1. The van der Waals surface area contributed by atoms with Crippen LogP contribution >= 0.6 is 0 Å². The van der Waals surface area contributed by atoms with Crippen LogP contribution in [0, 0.1) is 10.1 Å². The number of non-ortho nitro benzene ring substituents is 1. The third-order valence-electron chi connectivity index (χ3n) is 5.28. The van der Waals surface area contributed by atoms with Crippen molar-refractivity contribution in [2.24, 2.45) is 0 Å². The van der Waals surface area contributed by atoms with Gasteiger partial charge in [0.15, 0.2) is 0 Å². The summed E-state index contributed by atoms with van der Waals surface area (Å²) in [6.45, 7) is 2.44. The van der Waals surface area contributed by atoms with Gasteiger partial charge in [0.05, 0.1) is 4.92 Å². The van der Waals surface area contributed by atoms with E-state index < -0.39 is 4.92 Å². The highest BCUT2D eigenvalue weighted by Crippen LogP contribution is 2.15. The fraction of sp³-hybridized carbons (Fsp3) is 0.708. The first-order chi connectivity index (χ1) is 14.1. The minimum Gasteiger partial charge on any atom is -0.461 e. The van der Waals surface area contributed by atoms with Gasteiger partial charge in [0, 0.05) is 18.6 Å². The zero-order valence-electron chi connectivity index (χ0n) is 18.2. The summed E-state index contributed by atoms with van der Waals surface area (Å²) in [6, 6.07) is 6.10. The SMILES string of the molecule is CCCCCCCCCCCCCCCCC(=O)OCc1ccc([N+](=O)[O-])cc1. The van der Waals surface area contributed by atoms with E-state index in [1.165, 1.54) is 89.2 Å². The summed E-state index contributed by atoms with van der Waals surface area (Å²) in [4.78, 5) is 22.0. The first-order valence-electron chi connectivity index (χ1n) is 11.5. The minimum atomic E-state index is -0.439. The Morgan fingerprint density at radius 3 is 1.69 bits per heavy atom. The van der Waals surface area contributed by atoms with E-state index in [0.29, 0.717) is 6.42 Å². The van der Waals surface area contributed by atoms with Crippen molar-refractivity contribution in [2.45, 2.75) is 110 Å². The van der Waals surface area contributed by atoms with Crippen LogP contribution in [-0.2, 0) is 16.1 Å². The number of nitro benzene ring substituents is 1. The number of rotatable bonds is 18. The van der Waals surface area contributed by atoms with Crippen molar-refractivity contribution in [3.8, 4) is 0 Å². The molecule has 5 heteroatoms. The molecule has 164 valence electrons. The summed E-state index contributed by atoms with van der Waals surface area (Å²) in [5.74, 6) is -0.192. The third-order valence-corrected chi connectivity index (χ3v) is 5.28. The summed E-state index contributed by atoms with van der Waals surface area (Å²) in [6.07, 6.45) is 18.5. The molecule has 0 aliphatic carbocycles. The van der Waals surface area contributed by atoms with Crippen LogP contribution in [0.25, 0.3) is 0 Å². The third kappa shape index (κ3) is 13.8. The van der Waals surface area contributed by atoms with E-state index in [1.54, 1.807) is 12.1 Å². The van der Waals surface area contributed by atoms with Crippen molar-refractivity contribution in [1.29, 1.82) is 0 Å². The van der Waals surface area contributed by atoms with Gasteiger partial charge in [0.25, 0.3) is 5.69 Å². The molecule has 0 aliphatic heterocycles. The Hall–Kier alpha value is -1.91. The topological polar surface area (TPSA) is 69.4 Å². The van der Waals surface area contributed by atoms with E-state index in [2.05, 4.69) is 6.92 Å². The summed E-state index contributed by atoms with van der Waals surface area (Å²) in [5.41, 5.74) is 0.812. The van der Waals surface area contributed by atoms with Crippen molar-refractivity contribution in [3.05, 3.63) is 39.9 Å². The molecule has 1 aromatic rings. The second-order valence-corrected chi connectivity index (χ2v) is 7.93. The van der Waals surface area contributed by atoms with Crippen LogP contribution in [0.15, 0.2) is 24.3 Å². The van der Waals surface area contributed by atoms with Crippen LogP contribution in [0.5, 0.6) is 0 Å². The van der Waals surface area contributed by atoms with E-state index in [9.17, 15) is 14.9 Å². The van der Waals surface area contributed by atoms with Crippen LogP contribution in [0.2, 0.25) is 0 Å². The molecule has 0 spiro atoms. The van der Waals surface area contributed by atoms with Gasteiger partial charge in [0.2, 0.25) is 0 Å². The van der Waals surface area contributed by atoms with Crippen LogP contribution in [-0.4, -0.2) is 10.9 Å². The quantitative estimate of drug-likeness (QED) is 0.110. The Morgan fingerprint density at radius 2 is 1.24 bits per heavy atom. The van der Waals surface area contributed by atoms with Gasteiger partial charge >= 0.3 is 5.97 Å². The molecule has 0 atom stereocenters. The first-order valence-corrected chi connectivity index (χ1v) is 11.5. The zero-order chi connectivity index (χ0) is 21.2. The molecule has 0 aliphatic rings. The molecule has 0 unspecified atom stereocenters. The number of esters is 1. The second kappa shape index (κ2) is 17.0.